The van der Waals surface area contributed by atoms with E-state index in [1.807, 2.05) is 37.3 Å². The lowest BCUT2D eigenvalue weighted by molar-refractivity contribution is 1.16. The summed E-state index contributed by atoms with van der Waals surface area (Å²) in [6.45, 7) is 2.02. The van der Waals surface area contributed by atoms with Gasteiger partial charge in [0.1, 0.15) is 0 Å². The zero-order valence-corrected chi connectivity index (χ0v) is 10.5. The zero-order chi connectivity index (χ0) is 12.4. The third-order valence-corrected chi connectivity index (χ3v) is 3.03. The van der Waals surface area contributed by atoms with E-state index in [2.05, 4.69) is 0 Å². The summed E-state index contributed by atoms with van der Waals surface area (Å²) in [4.78, 5) is 0. The average molecular weight is 247 g/mol. The standard InChI is InChI=1S/C14H15ClN2/c1-9-5-12(16)8-14(17)13(9)7-10-3-2-4-11(15)6-10/h2-6,8H,7,16-17H2,1H3. The predicted molar refractivity (Wildman–Crippen MR) is 74.3 cm³/mol. The number of rotatable bonds is 2. The van der Waals surface area contributed by atoms with E-state index in [1.54, 1.807) is 6.07 Å². The van der Waals surface area contributed by atoms with Gasteiger partial charge >= 0.3 is 0 Å². The number of hydrogen-bond donors (Lipinski definition) is 2. The SMILES string of the molecule is Cc1cc(N)cc(N)c1Cc1cccc(Cl)c1. The van der Waals surface area contributed by atoms with E-state index in [9.17, 15) is 0 Å². The number of anilines is 2. The summed E-state index contributed by atoms with van der Waals surface area (Å²) in [6, 6.07) is 11.5. The normalized spacial score (nSPS) is 10.5. The van der Waals surface area contributed by atoms with E-state index < -0.39 is 0 Å². The second-order valence-electron chi connectivity index (χ2n) is 4.21. The van der Waals surface area contributed by atoms with Crippen LogP contribution in [0.3, 0.4) is 0 Å². The molecular formula is C14H15ClN2. The first-order chi connectivity index (χ1) is 8.06. The second kappa shape index (κ2) is 4.68. The number of halogens is 1. The second-order valence-corrected chi connectivity index (χ2v) is 4.65. The van der Waals surface area contributed by atoms with Crippen LogP contribution in [-0.2, 0) is 6.42 Å². The van der Waals surface area contributed by atoms with E-state index in [0.29, 0.717) is 5.69 Å². The minimum Gasteiger partial charge on any atom is -0.399 e. The maximum absolute atomic E-state index is 6.00. The molecule has 0 unspecified atom stereocenters. The fourth-order valence-corrected chi connectivity index (χ4v) is 2.18. The first-order valence-corrected chi connectivity index (χ1v) is 5.83. The van der Waals surface area contributed by atoms with Gasteiger partial charge in [-0.1, -0.05) is 23.7 Å². The van der Waals surface area contributed by atoms with Crippen molar-refractivity contribution >= 4 is 23.0 Å². The highest BCUT2D eigenvalue weighted by atomic mass is 35.5. The Balaban J connectivity index is 2.36. The molecule has 0 aliphatic heterocycles. The minimum atomic E-state index is 0.704. The molecule has 0 saturated carbocycles. The van der Waals surface area contributed by atoms with Gasteiger partial charge in [0.25, 0.3) is 0 Å². The molecule has 0 fully saturated rings. The summed E-state index contributed by atoms with van der Waals surface area (Å²) >= 11 is 5.96. The van der Waals surface area contributed by atoms with Crippen molar-refractivity contribution in [3.05, 3.63) is 58.1 Å². The van der Waals surface area contributed by atoms with Crippen LogP contribution in [0.15, 0.2) is 36.4 Å². The zero-order valence-electron chi connectivity index (χ0n) is 9.70. The summed E-state index contributed by atoms with van der Waals surface area (Å²) in [5, 5.41) is 0.745. The molecule has 0 heterocycles. The van der Waals surface area contributed by atoms with Crippen LogP contribution in [0.1, 0.15) is 16.7 Å². The first kappa shape index (κ1) is 11.8. The van der Waals surface area contributed by atoms with Crippen LogP contribution in [0.5, 0.6) is 0 Å². The smallest absolute Gasteiger partial charge is 0.0408 e. The molecule has 4 N–H and O–H groups in total. The van der Waals surface area contributed by atoms with Crippen LogP contribution in [0.25, 0.3) is 0 Å². The van der Waals surface area contributed by atoms with Crippen LogP contribution in [-0.4, -0.2) is 0 Å². The number of nitrogen functional groups attached to an aromatic ring is 2. The van der Waals surface area contributed by atoms with Crippen LogP contribution >= 0.6 is 11.6 Å². The van der Waals surface area contributed by atoms with Crippen molar-refractivity contribution in [2.45, 2.75) is 13.3 Å². The van der Waals surface area contributed by atoms with Gasteiger partial charge in [-0.2, -0.15) is 0 Å². The third-order valence-electron chi connectivity index (χ3n) is 2.80. The van der Waals surface area contributed by atoms with Crippen LogP contribution < -0.4 is 11.5 Å². The van der Waals surface area contributed by atoms with Gasteiger partial charge in [0.2, 0.25) is 0 Å². The van der Waals surface area contributed by atoms with E-state index in [4.69, 9.17) is 23.1 Å². The van der Waals surface area contributed by atoms with Crippen molar-refractivity contribution in [2.24, 2.45) is 0 Å². The Bertz CT molecular complexity index is 527. The van der Waals surface area contributed by atoms with Crippen molar-refractivity contribution in [1.29, 1.82) is 0 Å². The van der Waals surface area contributed by atoms with Gasteiger partial charge in [0, 0.05) is 16.4 Å². The first-order valence-electron chi connectivity index (χ1n) is 5.45. The number of hydrogen-bond acceptors (Lipinski definition) is 2. The van der Waals surface area contributed by atoms with Gasteiger partial charge in [-0.15, -0.1) is 0 Å². The Morgan fingerprint density at radius 1 is 1.12 bits per heavy atom. The molecule has 0 saturated heterocycles. The van der Waals surface area contributed by atoms with Gasteiger partial charge in [-0.25, -0.2) is 0 Å². The summed E-state index contributed by atoms with van der Waals surface area (Å²) in [6.07, 6.45) is 0.776. The lowest BCUT2D eigenvalue weighted by Gasteiger charge is -2.11. The van der Waals surface area contributed by atoms with Gasteiger partial charge < -0.3 is 11.5 Å². The molecule has 88 valence electrons. The highest BCUT2D eigenvalue weighted by Gasteiger charge is 2.06. The van der Waals surface area contributed by atoms with Crippen molar-refractivity contribution in [1.82, 2.24) is 0 Å². The van der Waals surface area contributed by atoms with E-state index in [0.717, 1.165) is 33.8 Å². The Hall–Kier alpha value is -1.67. The third kappa shape index (κ3) is 2.71. The van der Waals surface area contributed by atoms with Crippen LogP contribution in [0.2, 0.25) is 5.02 Å². The molecular weight excluding hydrogens is 232 g/mol. The molecule has 17 heavy (non-hydrogen) atoms. The minimum absolute atomic E-state index is 0.704. The van der Waals surface area contributed by atoms with E-state index in [1.165, 1.54) is 0 Å². The molecule has 2 nitrogen and oxygen atoms in total. The molecule has 2 aromatic rings. The molecule has 0 amide bonds. The summed E-state index contributed by atoms with van der Waals surface area (Å²) < 4.78 is 0. The molecule has 3 heteroatoms. The fraction of sp³-hybridized carbons (Fsp3) is 0.143. The Labute approximate surface area is 106 Å². The Morgan fingerprint density at radius 3 is 2.53 bits per heavy atom. The molecule has 2 aromatic carbocycles. The lowest BCUT2D eigenvalue weighted by Crippen LogP contribution is -2.01. The lowest BCUT2D eigenvalue weighted by atomic mass is 9.98. The van der Waals surface area contributed by atoms with Gasteiger partial charge in [0.05, 0.1) is 0 Å². The quantitative estimate of drug-likeness (QED) is 0.798. The maximum Gasteiger partial charge on any atom is 0.0408 e. The van der Waals surface area contributed by atoms with Crippen molar-refractivity contribution in [3.63, 3.8) is 0 Å². The summed E-state index contributed by atoms with van der Waals surface area (Å²) in [5.41, 5.74) is 16.6. The molecule has 2 rings (SSSR count). The Morgan fingerprint density at radius 2 is 1.88 bits per heavy atom. The predicted octanol–water partition coefficient (Wildman–Crippen LogP) is 3.40. The number of nitrogens with two attached hydrogens (primary N) is 2. The molecule has 0 atom stereocenters. The number of benzene rings is 2. The van der Waals surface area contributed by atoms with Crippen LogP contribution in [0, 0.1) is 6.92 Å². The largest absolute Gasteiger partial charge is 0.399 e. The highest BCUT2D eigenvalue weighted by Crippen LogP contribution is 2.24. The number of aryl methyl sites for hydroxylation is 1. The molecule has 0 bridgehead atoms. The monoisotopic (exact) mass is 246 g/mol. The molecule has 0 aliphatic carbocycles. The van der Waals surface area contributed by atoms with Gasteiger partial charge in [0.15, 0.2) is 0 Å². The summed E-state index contributed by atoms with van der Waals surface area (Å²) in [7, 11) is 0. The Kier molecular flexibility index (Phi) is 3.25. The molecule has 0 aliphatic rings. The topological polar surface area (TPSA) is 52.0 Å². The van der Waals surface area contributed by atoms with Gasteiger partial charge in [-0.3, -0.25) is 0 Å². The van der Waals surface area contributed by atoms with Crippen molar-refractivity contribution < 1.29 is 0 Å². The van der Waals surface area contributed by atoms with Gasteiger partial charge in [-0.05, 0) is 54.3 Å². The van der Waals surface area contributed by atoms with Crippen LogP contribution in [0.4, 0.5) is 11.4 Å². The maximum atomic E-state index is 6.00. The van der Waals surface area contributed by atoms with E-state index >= 15 is 0 Å². The average Bonchev–Trinajstić information content (AvgIpc) is 2.23. The molecule has 0 spiro atoms. The highest BCUT2D eigenvalue weighted by molar-refractivity contribution is 6.30. The van der Waals surface area contributed by atoms with E-state index in [-0.39, 0.29) is 0 Å². The molecule has 0 radical (unpaired) electrons. The fourth-order valence-electron chi connectivity index (χ4n) is 1.97. The summed E-state index contributed by atoms with van der Waals surface area (Å²) in [5.74, 6) is 0. The molecule has 0 aromatic heterocycles. The van der Waals surface area contributed by atoms with Crippen molar-refractivity contribution in [3.8, 4) is 0 Å². The van der Waals surface area contributed by atoms with Crippen molar-refractivity contribution in [2.75, 3.05) is 11.5 Å².